The molecule has 2 aliphatic heterocycles. The smallest absolute Gasteiger partial charge is 0.235 e. The molecule has 1 aromatic heterocycles. The van der Waals surface area contributed by atoms with Crippen LogP contribution in [0.1, 0.15) is 37.3 Å². The topological polar surface area (TPSA) is 84.3 Å². The average molecular weight is 372 g/mol. The van der Waals surface area contributed by atoms with Gasteiger partial charge in [-0.3, -0.25) is 19.6 Å². The SMILES string of the molecule is Cn1nc(C2CCC(=O)NC2=O)c2cc(F)c(N3CCC(C=O)CC3)cc21. The molecule has 7 nitrogen and oxygen atoms in total. The first kappa shape index (κ1) is 17.6. The molecule has 1 N–H and O–H groups in total. The maximum absolute atomic E-state index is 14.9. The Hall–Kier alpha value is -2.77. The van der Waals surface area contributed by atoms with Crippen LogP contribution in [0.2, 0.25) is 0 Å². The lowest BCUT2D eigenvalue weighted by Gasteiger charge is -2.31. The van der Waals surface area contributed by atoms with Gasteiger partial charge in [0.1, 0.15) is 12.1 Å². The molecule has 0 saturated carbocycles. The normalized spacial score (nSPS) is 21.6. The van der Waals surface area contributed by atoms with Gasteiger partial charge in [-0.05, 0) is 31.4 Å². The van der Waals surface area contributed by atoms with Gasteiger partial charge in [0.2, 0.25) is 11.8 Å². The quantitative estimate of drug-likeness (QED) is 0.654. The Bertz CT molecular complexity index is 931. The zero-order valence-electron chi connectivity index (χ0n) is 15.1. The summed E-state index contributed by atoms with van der Waals surface area (Å²) < 4.78 is 16.5. The van der Waals surface area contributed by atoms with Crippen molar-refractivity contribution >= 4 is 34.7 Å². The highest BCUT2D eigenvalue weighted by molar-refractivity contribution is 6.02. The van der Waals surface area contributed by atoms with E-state index in [0.717, 1.165) is 11.8 Å². The molecule has 2 fully saturated rings. The van der Waals surface area contributed by atoms with Crippen molar-refractivity contribution in [3.05, 3.63) is 23.6 Å². The van der Waals surface area contributed by atoms with Gasteiger partial charge < -0.3 is 9.69 Å². The summed E-state index contributed by atoms with van der Waals surface area (Å²) in [7, 11) is 1.76. The fourth-order valence-corrected chi connectivity index (χ4v) is 4.02. The van der Waals surface area contributed by atoms with Crippen molar-refractivity contribution in [1.82, 2.24) is 15.1 Å². The first-order valence-corrected chi connectivity index (χ1v) is 9.18. The minimum atomic E-state index is -0.556. The molecule has 2 aliphatic rings. The molecule has 1 unspecified atom stereocenters. The van der Waals surface area contributed by atoms with E-state index in [1.807, 2.05) is 4.90 Å². The van der Waals surface area contributed by atoms with Crippen molar-refractivity contribution in [2.75, 3.05) is 18.0 Å². The van der Waals surface area contributed by atoms with Crippen LogP contribution in [0.3, 0.4) is 0 Å². The van der Waals surface area contributed by atoms with Crippen molar-refractivity contribution in [3.63, 3.8) is 0 Å². The number of benzene rings is 1. The van der Waals surface area contributed by atoms with E-state index in [4.69, 9.17) is 0 Å². The number of amides is 2. The highest BCUT2D eigenvalue weighted by atomic mass is 19.1. The van der Waals surface area contributed by atoms with E-state index in [0.29, 0.717) is 49.1 Å². The lowest BCUT2D eigenvalue weighted by Crippen LogP contribution is -2.39. The first-order chi connectivity index (χ1) is 13.0. The van der Waals surface area contributed by atoms with Gasteiger partial charge in [-0.15, -0.1) is 0 Å². The van der Waals surface area contributed by atoms with Crippen molar-refractivity contribution in [1.29, 1.82) is 0 Å². The number of hydrogen-bond acceptors (Lipinski definition) is 5. The van der Waals surface area contributed by atoms with Crippen LogP contribution in [0, 0.1) is 11.7 Å². The summed E-state index contributed by atoms with van der Waals surface area (Å²) in [5.41, 5.74) is 1.73. The third-order valence-corrected chi connectivity index (χ3v) is 5.59. The molecule has 0 spiro atoms. The summed E-state index contributed by atoms with van der Waals surface area (Å²) in [6, 6.07) is 3.19. The molecule has 1 atom stereocenters. The van der Waals surface area contributed by atoms with Crippen LogP contribution in [0.15, 0.2) is 12.1 Å². The van der Waals surface area contributed by atoms with Crippen LogP contribution in [-0.4, -0.2) is 41.0 Å². The van der Waals surface area contributed by atoms with Crippen LogP contribution in [0.25, 0.3) is 10.9 Å². The Kier molecular flexibility index (Phi) is 4.41. The second kappa shape index (κ2) is 6.75. The third-order valence-electron chi connectivity index (χ3n) is 5.59. The Labute approximate surface area is 155 Å². The number of rotatable bonds is 3. The minimum Gasteiger partial charge on any atom is -0.369 e. The summed E-state index contributed by atoms with van der Waals surface area (Å²) >= 11 is 0. The molecule has 0 radical (unpaired) electrons. The number of imide groups is 1. The molecular formula is C19H21FN4O3. The maximum Gasteiger partial charge on any atom is 0.235 e. The Morgan fingerprint density at radius 3 is 2.63 bits per heavy atom. The van der Waals surface area contributed by atoms with Crippen LogP contribution in [0.5, 0.6) is 0 Å². The monoisotopic (exact) mass is 372 g/mol. The van der Waals surface area contributed by atoms with E-state index in [2.05, 4.69) is 10.4 Å². The van der Waals surface area contributed by atoms with Gasteiger partial charge in [0, 0.05) is 37.9 Å². The number of carbonyl (C=O) groups is 3. The molecule has 27 heavy (non-hydrogen) atoms. The molecule has 3 heterocycles. The van der Waals surface area contributed by atoms with Gasteiger partial charge in [-0.1, -0.05) is 0 Å². The predicted molar refractivity (Wildman–Crippen MR) is 96.8 cm³/mol. The van der Waals surface area contributed by atoms with Crippen LogP contribution >= 0.6 is 0 Å². The molecule has 0 bridgehead atoms. The molecule has 2 aromatic rings. The van der Waals surface area contributed by atoms with E-state index in [-0.39, 0.29) is 30.0 Å². The Morgan fingerprint density at radius 2 is 1.96 bits per heavy atom. The fraction of sp³-hybridized carbons (Fsp3) is 0.474. The van der Waals surface area contributed by atoms with Gasteiger partial charge in [-0.25, -0.2) is 4.39 Å². The average Bonchev–Trinajstić information content (AvgIpc) is 2.97. The van der Waals surface area contributed by atoms with Crippen molar-refractivity contribution < 1.29 is 18.8 Å². The van der Waals surface area contributed by atoms with E-state index in [9.17, 15) is 18.8 Å². The molecule has 8 heteroatoms. The van der Waals surface area contributed by atoms with Gasteiger partial charge in [0.15, 0.2) is 0 Å². The first-order valence-electron chi connectivity index (χ1n) is 9.18. The number of aromatic nitrogens is 2. The van der Waals surface area contributed by atoms with Gasteiger partial charge in [0.25, 0.3) is 0 Å². The van der Waals surface area contributed by atoms with E-state index in [1.54, 1.807) is 17.8 Å². The number of fused-ring (bicyclic) bond motifs is 1. The molecule has 2 amide bonds. The highest BCUT2D eigenvalue weighted by Gasteiger charge is 2.32. The summed E-state index contributed by atoms with van der Waals surface area (Å²) in [5, 5.41) is 7.38. The number of carbonyl (C=O) groups excluding carboxylic acids is 3. The number of aldehydes is 1. The molecule has 2 saturated heterocycles. The zero-order valence-corrected chi connectivity index (χ0v) is 15.1. The minimum absolute atomic E-state index is 0.0453. The summed E-state index contributed by atoms with van der Waals surface area (Å²) in [5.74, 6) is -1.55. The maximum atomic E-state index is 14.9. The highest BCUT2D eigenvalue weighted by Crippen LogP contribution is 2.34. The van der Waals surface area contributed by atoms with Crippen LogP contribution in [0.4, 0.5) is 10.1 Å². The molecule has 0 aliphatic carbocycles. The molecule has 4 rings (SSSR count). The molecule has 1 aromatic carbocycles. The van der Waals surface area contributed by atoms with Gasteiger partial charge in [0.05, 0.1) is 22.8 Å². The zero-order chi connectivity index (χ0) is 19.1. The van der Waals surface area contributed by atoms with Crippen molar-refractivity contribution in [3.8, 4) is 0 Å². The fourth-order valence-electron chi connectivity index (χ4n) is 4.02. The molecular weight excluding hydrogens is 351 g/mol. The lowest BCUT2D eigenvalue weighted by atomic mass is 9.92. The summed E-state index contributed by atoms with van der Waals surface area (Å²) in [6.45, 7) is 1.26. The number of nitrogens with zero attached hydrogens (tertiary/aromatic N) is 3. The Morgan fingerprint density at radius 1 is 1.22 bits per heavy atom. The third kappa shape index (κ3) is 3.09. The summed E-state index contributed by atoms with van der Waals surface area (Å²) in [6.07, 6.45) is 3.03. The van der Waals surface area contributed by atoms with Gasteiger partial charge >= 0.3 is 0 Å². The standard InChI is InChI=1S/C19H21FN4O3/c1-23-15-9-16(24-6-4-11(10-25)5-7-24)14(20)8-13(15)18(22-23)12-2-3-17(26)21-19(12)27/h8-12H,2-7H2,1H3,(H,21,26,27). The van der Waals surface area contributed by atoms with Gasteiger partial charge in [-0.2, -0.15) is 5.10 Å². The molecule has 142 valence electrons. The summed E-state index contributed by atoms with van der Waals surface area (Å²) in [4.78, 5) is 36.5. The van der Waals surface area contributed by atoms with E-state index >= 15 is 0 Å². The predicted octanol–water partition coefficient (Wildman–Crippen LogP) is 1.65. The van der Waals surface area contributed by atoms with Crippen LogP contribution in [-0.2, 0) is 21.4 Å². The van der Waals surface area contributed by atoms with Crippen molar-refractivity contribution in [2.24, 2.45) is 13.0 Å². The van der Waals surface area contributed by atoms with Crippen molar-refractivity contribution in [2.45, 2.75) is 31.6 Å². The number of piperidine rings is 2. The largest absolute Gasteiger partial charge is 0.369 e. The number of nitrogens with one attached hydrogen (secondary N) is 1. The number of halogens is 1. The number of anilines is 1. The number of hydrogen-bond donors (Lipinski definition) is 1. The van der Waals surface area contributed by atoms with Crippen LogP contribution < -0.4 is 10.2 Å². The second-order valence-electron chi connectivity index (χ2n) is 7.29. The Balaban J connectivity index is 1.70. The second-order valence-corrected chi connectivity index (χ2v) is 7.29. The van der Waals surface area contributed by atoms with E-state index < -0.39 is 5.92 Å². The number of aryl methyl sites for hydroxylation is 1. The van der Waals surface area contributed by atoms with E-state index in [1.165, 1.54) is 6.07 Å². The lowest BCUT2D eigenvalue weighted by molar-refractivity contribution is -0.134.